The normalized spacial score (nSPS) is 10.7. The first-order valence-electron chi connectivity index (χ1n) is 6.32. The third-order valence-corrected chi connectivity index (χ3v) is 4.01. The van der Waals surface area contributed by atoms with E-state index in [0.29, 0.717) is 0 Å². The molecule has 4 heteroatoms. The van der Waals surface area contributed by atoms with Crippen LogP contribution in [0.15, 0.2) is 48.5 Å². The molecule has 0 aliphatic heterocycles. The number of aryl methyl sites for hydroxylation is 1. The fourth-order valence-electron chi connectivity index (χ4n) is 2.12. The number of pyridine rings is 1. The van der Waals surface area contributed by atoms with Gasteiger partial charge in [-0.3, -0.25) is 4.98 Å². The lowest BCUT2D eigenvalue weighted by atomic mass is 10.1. The molecular formula is C16H14IN3. The van der Waals surface area contributed by atoms with Crippen molar-refractivity contribution < 1.29 is 0 Å². The summed E-state index contributed by atoms with van der Waals surface area (Å²) in [6.07, 6.45) is 0. The van der Waals surface area contributed by atoms with Crippen LogP contribution in [0, 0.1) is 10.5 Å². The highest BCUT2D eigenvalue weighted by Gasteiger charge is 2.05. The molecule has 0 fully saturated rings. The molecule has 0 saturated carbocycles. The van der Waals surface area contributed by atoms with Gasteiger partial charge in [-0.2, -0.15) is 0 Å². The summed E-state index contributed by atoms with van der Waals surface area (Å²) in [7, 11) is 0. The number of nitrogens with two attached hydrogens (primary N) is 1. The summed E-state index contributed by atoms with van der Waals surface area (Å²) >= 11 is 2.28. The minimum atomic E-state index is 0.770. The van der Waals surface area contributed by atoms with Crippen LogP contribution in [0.4, 0.5) is 17.1 Å². The van der Waals surface area contributed by atoms with E-state index in [0.717, 1.165) is 37.2 Å². The third kappa shape index (κ3) is 2.56. The predicted octanol–water partition coefficient (Wildman–Crippen LogP) is 4.47. The molecule has 0 saturated heterocycles. The SMILES string of the molecule is Cc1ccc2cccc(Nc3ccc(N)cc3I)c2n1. The molecule has 3 rings (SSSR count). The highest BCUT2D eigenvalue weighted by Crippen LogP contribution is 2.28. The summed E-state index contributed by atoms with van der Waals surface area (Å²) in [4.78, 5) is 4.63. The quantitative estimate of drug-likeness (QED) is 0.513. The number of nitrogens with zero attached hydrogens (tertiary/aromatic N) is 1. The second-order valence-electron chi connectivity index (χ2n) is 4.69. The Morgan fingerprint density at radius 2 is 1.90 bits per heavy atom. The number of anilines is 3. The zero-order valence-corrected chi connectivity index (χ0v) is 13.2. The average molecular weight is 375 g/mol. The van der Waals surface area contributed by atoms with Crippen molar-refractivity contribution in [1.29, 1.82) is 0 Å². The van der Waals surface area contributed by atoms with E-state index in [2.05, 4.69) is 45.0 Å². The smallest absolute Gasteiger partial charge is 0.0939 e. The van der Waals surface area contributed by atoms with Gasteiger partial charge in [0, 0.05) is 20.3 Å². The van der Waals surface area contributed by atoms with Crippen molar-refractivity contribution in [1.82, 2.24) is 4.98 Å². The molecule has 0 spiro atoms. The molecule has 0 radical (unpaired) electrons. The molecule has 20 heavy (non-hydrogen) atoms. The largest absolute Gasteiger partial charge is 0.399 e. The molecular weight excluding hydrogens is 361 g/mol. The Hall–Kier alpha value is -1.82. The Labute approximate surface area is 131 Å². The van der Waals surface area contributed by atoms with Gasteiger partial charge < -0.3 is 11.1 Å². The molecule has 3 nitrogen and oxygen atoms in total. The van der Waals surface area contributed by atoms with Crippen molar-refractivity contribution in [3.63, 3.8) is 0 Å². The van der Waals surface area contributed by atoms with E-state index < -0.39 is 0 Å². The highest BCUT2D eigenvalue weighted by atomic mass is 127. The molecule has 0 aliphatic carbocycles. The van der Waals surface area contributed by atoms with E-state index in [1.54, 1.807) is 0 Å². The Kier molecular flexibility index (Phi) is 3.48. The van der Waals surface area contributed by atoms with Crippen LogP contribution in [0.3, 0.4) is 0 Å². The van der Waals surface area contributed by atoms with Crippen LogP contribution in [0.25, 0.3) is 10.9 Å². The van der Waals surface area contributed by atoms with Crippen molar-refractivity contribution >= 4 is 50.6 Å². The van der Waals surface area contributed by atoms with Crippen LogP contribution in [0.1, 0.15) is 5.69 Å². The molecule has 1 heterocycles. The van der Waals surface area contributed by atoms with Gasteiger partial charge in [0.2, 0.25) is 0 Å². The van der Waals surface area contributed by atoms with Crippen LogP contribution in [0.2, 0.25) is 0 Å². The van der Waals surface area contributed by atoms with Gasteiger partial charge in [0.05, 0.1) is 16.9 Å². The van der Waals surface area contributed by atoms with Gasteiger partial charge in [-0.15, -0.1) is 0 Å². The Balaban J connectivity index is 2.08. The van der Waals surface area contributed by atoms with Crippen LogP contribution >= 0.6 is 22.6 Å². The Morgan fingerprint density at radius 1 is 1.05 bits per heavy atom. The van der Waals surface area contributed by atoms with Crippen molar-refractivity contribution in [2.24, 2.45) is 0 Å². The molecule has 0 unspecified atom stereocenters. The molecule has 0 aliphatic rings. The summed E-state index contributed by atoms with van der Waals surface area (Å²) in [6, 6.07) is 16.1. The summed E-state index contributed by atoms with van der Waals surface area (Å²) in [5, 5.41) is 4.57. The van der Waals surface area contributed by atoms with Crippen molar-refractivity contribution in [3.8, 4) is 0 Å². The first-order chi connectivity index (χ1) is 9.63. The zero-order chi connectivity index (χ0) is 14.1. The number of fused-ring (bicyclic) bond motifs is 1. The lowest BCUT2D eigenvalue weighted by molar-refractivity contribution is 1.25. The molecule has 0 atom stereocenters. The summed E-state index contributed by atoms with van der Waals surface area (Å²) in [5.41, 5.74) is 10.6. The molecule has 2 aromatic carbocycles. The first-order valence-corrected chi connectivity index (χ1v) is 7.40. The third-order valence-electron chi connectivity index (χ3n) is 3.12. The number of hydrogen-bond donors (Lipinski definition) is 2. The number of rotatable bonds is 2. The van der Waals surface area contributed by atoms with Gasteiger partial charge in [-0.05, 0) is 59.8 Å². The fourth-order valence-corrected chi connectivity index (χ4v) is 2.80. The van der Waals surface area contributed by atoms with E-state index >= 15 is 0 Å². The molecule has 3 aromatic rings. The second-order valence-corrected chi connectivity index (χ2v) is 5.86. The number of hydrogen-bond acceptors (Lipinski definition) is 3. The zero-order valence-electron chi connectivity index (χ0n) is 11.0. The summed E-state index contributed by atoms with van der Waals surface area (Å²) in [5.74, 6) is 0. The van der Waals surface area contributed by atoms with Gasteiger partial charge >= 0.3 is 0 Å². The maximum atomic E-state index is 5.79. The topological polar surface area (TPSA) is 50.9 Å². The molecule has 0 bridgehead atoms. The van der Waals surface area contributed by atoms with E-state index in [1.165, 1.54) is 0 Å². The van der Waals surface area contributed by atoms with E-state index in [-0.39, 0.29) is 0 Å². The lowest BCUT2D eigenvalue weighted by Gasteiger charge is -2.11. The van der Waals surface area contributed by atoms with Crippen LogP contribution < -0.4 is 11.1 Å². The van der Waals surface area contributed by atoms with E-state index in [4.69, 9.17) is 5.73 Å². The molecule has 100 valence electrons. The summed E-state index contributed by atoms with van der Waals surface area (Å²) < 4.78 is 1.09. The number of nitrogen functional groups attached to an aromatic ring is 1. The number of para-hydroxylation sites is 1. The number of benzene rings is 2. The van der Waals surface area contributed by atoms with Gasteiger partial charge in [-0.1, -0.05) is 18.2 Å². The van der Waals surface area contributed by atoms with Crippen molar-refractivity contribution in [3.05, 3.63) is 57.8 Å². The molecule has 0 amide bonds. The average Bonchev–Trinajstić information content (AvgIpc) is 2.42. The van der Waals surface area contributed by atoms with Crippen LogP contribution in [-0.4, -0.2) is 4.98 Å². The number of halogens is 1. The first kappa shape index (κ1) is 13.2. The standard InChI is InChI=1S/C16H14IN3/c1-10-5-6-11-3-2-4-15(16(11)19-10)20-14-8-7-12(18)9-13(14)17/h2-9,20H,18H2,1H3. The molecule has 3 N–H and O–H groups in total. The number of aromatic nitrogens is 1. The van der Waals surface area contributed by atoms with Crippen LogP contribution in [-0.2, 0) is 0 Å². The predicted molar refractivity (Wildman–Crippen MR) is 93.3 cm³/mol. The van der Waals surface area contributed by atoms with Gasteiger partial charge in [0.25, 0.3) is 0 Å². The van der Waals surface area contributed by atoms with E-state index in [9.17, 15) is 0 Å². The maximum absolute atomic E-state index is 5.79. The van der Waals surface area contributed by atoms with Crippen molar-refractivity contribution in [2.75, 3.05) is 11.1 Å². The van der Waals surface area contributed by atoms with Crippen LogP contribution in [0.5, 0.6) is 0 Å². The summed E-state index contributed by atoms with van der Waals surface area (Å²) in [6.45, 7) is 2.00. The minimum Gasteiger partial charge on any atom is -0.399 e. The minimum absolute atomic E-state index is 0.770. The molecule has 1 aromatic heterocycles. The Bertz CT molecular complexity index is 784. The maximum Gasteiger partial charge on any atom is 0.0939 e. The van der Waals surface area contributed by atoms with E-state index in [1.807, 2.05) is 43.3 Å². The fraction of sp³-hybridized carbons (Fsp3) is 0.0625. The van der Waals surface area contributed by atoms with Crippen molar-refractivity contribution in [2.45, 2.75) is 6.92 Å². The highest BCUT2D eigenvalue weighted by molar-refractivity contribution is 14.1. The second kappa shape index (κ2) is 5.28. The van der Waals surface area contributed by atoms with Gasteiger partial charge in [-0.25, -0.2) is 0 Å². The van der Waals surface area contributed by atoms with Gasteiger partial charge in [0.15, 0.2) is 0 Å². The number of nitrogens with one attached hydrogen (secondary N) is 1. The Morgan fingerprint density at radius 3 is 2.70 bits per heavy atom. The van der Waals surface area contributed by atoms with Gasteiger partial charge in [0.1, 0.15) is 0 Å². The monoisotopic (exact) mass is 375 g/mol. The lowest BCUT2D eigenvalue weighted by Crippen LogP contribution is -1.97.